The third-order valence-corrected chi connectivity index (χ3v) is 6.19. The van der Waals surface area contributed by atoms with Crippen LogP contribution < -0.4 is 20.4 Å². The van der Waals surface area contributed by atoms with Gasteiger partial charge < -0.3 is 10.2 Å². The summed E-state index contributed by atoms with van der Waals surface area (Å²) < 4.78 is 0. The molecule has 0 aliphatic carbocycles. The Labute approximate surface area is 200 Å². The lowest BCUT2D eigenvalue weighted by atomic mass is 10.0. The first kappa shape index (κ1) is 22.8. The van der Waals surface area contributed by atoms with Crippen LogP contribution in [0.3, 0.4) is 0 Å². The Morgan fingerprint density at radius 3 is 2.55 bits per heavy atom. The van der Waals surface area contributed by atoms with Crippen LogP contribution in [0, 0.1) is 17.0 Å². The summed E-state index contributed by atoms with van der Waals surface area (Å²) >= 11 is 11.5. The van der Waals surface area contributed by atoms with E-state index in [1.54, 1.807) is 24.3 Å². The zero-order valence-corrected chi connectivity index (χ0v) is 19.2. The number of nitro benzene ring substituents is 1. The second-order valence-electron chi connectivity index (χ2n) is 7.63. The molecule has 2 fully saturated rings. The van der Waals surface area contributed by atoms with Crippen molar-refractivity contribution in [2.75, 3.05) is 36.0 Å². The number of nitrogens with one attached hydrogen (secondary N) is 2. The van der Waals surface area contributed by atoms with Crippen molar-refractivity contribution in [3.63, 3.8) is 0 Å². The van der Waals surface area contributed by atoms with Crippen LogP contribution in [0.15, 0.2) is 42.0 Å². The minimum Gasteiger partial charge on any atom is -0.368 e. The highest BCUT2D eigenvalue weighted by molar-refractivity contribution is 7.80. The SMILES string of the molecule is Cc1ccc(N2C(=O)/C(=C\c3cc([N+](=O)[O-])ccc3N3CCNCC3)C(=O)NC2=S)cc1Cl. The van der Waals surface area contributed by atoms with Crippen LogP contribution in [0.25, 0.3) is 6.08 Å². The summed E-state index contributed by atoms with van der Waals surface area (Å²) in [6, 6.07) is 9.44. The van der Waals surface area contributed by atoms with E-state index >= 15 is 0 Å². The van der Waals surface area contributed by atoms with Gasteiger partial charge in [0.05, 0.1) is 10.6 Å². The van der Waals surface area contributed by atoms with Crippen molar-refractivity contribution in [1.29, 1.82) is 0 Å². The first-order valence-electron chi connectivity index (χ1n) is 10.2. The minimum atomic E-state index is -0.669. The summed E-state index contributed by atoms with van der Waals surface area (Å²) in [7, 11) is 0. The zero-order chi connectivity index (χ0) is 23.7. The molecule has 0 radical (unpaired) electrons. The predicted octanol–water partition coefficient (Wildman–Crippen LogP) is 2.80. The minimum absolute atomic E-state index is 0.0663. The zero-order valence-electron chi connectivity index (χ0n) is 17.6. The highest BCUT2D eigenvalue weighted by Crippen LogP contribution is 2.31. The van der Waals surface area contributed by atoms with Crippen molar-refractivity contribution in [2.45, 2.75) is 6.92 Å². The molecule has 4 rings (SSSR count). The Morgan fingerprint density at radius 1 is 1.15 bits per heavy atom. The quantitative estimate of drug-likeness (QED) is 0.225. The molecule has 2 saturated heterocycles. The number of aryl methyl sites for hydroxylation is 1. The number of non-ortho nitro benzene ring substituents is 1. The number of halogens is 1. The van der Waals surface area contributed by atoms with E-state index in [1.165, 1.54) is 23.1 Å². The fourth-order valence-electron chi connectivity index (χ4n) is 3.73. The van der Waals surface area contributed by atoms with Gasteiger partial charge >= 0.3 is 0 Å². The Balaban J connectivity index is 1.79. The van der Waals surface area contributed by atoms with E-state index in [9.17, 15) is 19.7 Å². The van der Waals surface area contributed by atoms with Gasteiger partial charge in [0.1, 0.15) is 5.57 Å². The molecule has 2 aliphatic rings. The van der Waals surface area contributed by atoms with Gasteiger partial charge in [0.25, 0.3) is 17.5 Å². The number of carbonyl (C=O) groups is 2. The van der Waals surface area contributed by atoms with Gasteiger partial charge in [-0.2, -0.15) is 0 Å². The largest absolute Gasteiger partial charge is 0.368 e. The van der Waals surface area contributed by atoms with E-state index in [2.05, 4.69) is 15.5 Å². The molecule has 9 nitrogen and oxygen atoms in total. The van der Waals surface area contributed by atoms with Gasteiger partial charge in [-0.3, -0.25) is 29.9 Å². The van der Waals surface area contributed by atoms with Crippen LogP contribution in [0.4, 0.5) is 17.1 Å². The van der Waals surface area contributed by atoms with Gasteiger partial charge in [-0.05, 0) is 49.0 Å². The van der Waals surface area contributed by atoms with Gasteiger partial charge in [0, 0.05) is 54.6 Å². The van der Waals surface area contributed by atoms with Crippen molar-refractivity contribution in [3.05, 3.63) is 68.2 Å². The molecule has 2 aromatic carbocycles. The van der Waals surface area contributed by atoms with Gasteiger partial charge in [-0.25, -0.2) is 0 Å². The summed E-state index contributed by atoms with van der Waals surface area (Å²) in [5.41, 5.74) is 2.02. The van der Waals surface area contributed by atoms with E-state index in [4.69, 9.17) is 23.8 Å². The number of nitro groups is 1. The monoisotopic (exact) mass is 485 g/mol. The second-order valence-corrected chi connectivity index (χ2v) is 8.42. The van der Waals surface area contributed by atoms with Crippen molar-refractivity contribution in [2.24, 2.45) is 0 Å². The molecule has 0 spiro atoms. The Kier molecular flexibility index (Phi) is 6.41. The van der Waals surface area contributed by atoms with E-state index in [0.717, 1.165) is 18.7 Å². The molecule has 11 heteroatoms. The summed E-state index contributed by atoms with van der Waals surface area (Å²) in [4.78, 5) is 40.2. The molecule has 2 aromatic rings. The average molecular weight is 486 g/mol. The number of amides is 2. The average Bonchev–Trinajstić information content (AvgIpc) is 2.79. The maximum Gasteiger partial charge on any atom is 0.270 e. The molecule has 0 unspecified atom stereocenters. The number of hydrogen-bond donors (Lipinski definition) is 2. The van der Waals surface area contributed by atoms with Gasteiger partial charge in [-0.1, -0.05) is 17.7 Å². The number of benzene rings is 2. The topological polar surface area (TPSA) is 108 Å². The summed E-state index contributed by atoms with van der Waals surface area (Å²) in [6.45, 7) is 4.71. The van der Waals surface area contributed by atoms with E-state index in [-0.39, 0.29) is 16.4 Å². The van der Waals surface area contributed by atoms with Crippen molar-refractivity contribution >= 4 is 63.9 Å². The van der Waals surface area contributed by atoms with Gasteiger partial charge in [-0.15, -0.1) is 0 Å². The number of piperazine rings is 1. The first-order valence-corrected chi connectivity index (χ1v) is 11.0. The highest BCUT2D eigenvalue weighted by Gasteiger charge is 2.35. The molecule has 0 bridgehead atoms. The summed E-state index contributed by atoms with van der Waals surface area (Å²) in [6.07, 6.45) is 1.38. The summed E-state index contributed by atoms with van der Waals surface area (Å²) in [5.74, 6) is -1.31. The lowest BCUT2D eigenvalue weighted by Crippen LogP contribution is -2.54. The molecule has 2 amide bonds. The molecule has 0 saturated carbocycles. The van der Waals surface area contributed by atoms with Crippen LogP contribution in [-0.4, -0.2) is 48.0 Å². The molecular formula is C22H20ClN5O4S. The third kappa shape index (κ3) is 4.58. The predicted molar refractivity (Wildman–Crippen MR) is 131 cm³/mol. The third-order valence-electron chi connectivity index (χ3n) is 5.49. The van der Waals surface area contributed by atoms with Crippen molar-refractivity contribution in [1.82, 2.24) is 10.6 Å². The summed E-state index contributed by atoms with van der Waals surface area (Å²) in [5, 5.41) is 17.5. The fourth-order valence-corrected chi connectivity index (χ4v) is 4.19. The number of rotatable bonds is 4. The van der Waals surface area contributed by atoms with Crippen LogP contribution >= 0.6 is 23.8 Å². The molecular weight excluding hydrogens is 466 g/mol. The van der Waals surface area contributed by atoms with Gasteiger partial charge in [0.15, 0.2) is 5.11 Å². The molecule has 0 atom stereocenters. The van der Waals surface area contributed by atoms with E-state index < -0.39 is 16.7 Å². The van der Waals surface area contributed by atoms with E-state index in [1.807, 2.05) is 6.92 Å². The fraction of sp³-hybridized carbons (Fsp3) is 0.227. The number of carbonyl (C=O) groups excluding carboxylic acids is 2. The van der Waals surface area contributed by atoms with Crippen LogP contribution in [-0.2, 0) is 9.59 Å². The van der Waals surface area contributed by atoms with Crippen LogP contribution in [0.1, 0.15) is 11.1 Å². The van der Waals surface area contributed by atoms with Crippen molar-refractivity contribution < 1.29 is 14.5 Å². The van der Waals surface area contributed by atoms with Crippen LogP contribution in [0.2, 0.25) is 5.02 Å². The number of anilines is 2. The number of thiocarbonyl (C=S) groups is 1. The smallest absolute Gasteiger partial charge is 0.270 e. The maximum atomic E-state index is 13.4. The maximum absolute atomic E-state index is 13.4. The lowest BCUT2D eigenvalue weighted by molar-refractivity contribution is -0.384. The standard InChI is InChI=1S/C22H20ClN5O4S/c1-13-2-3-15(12-18(13)23)27-21(30)17(20(29)25-22(27)33)11-14-10-16(28(31)32)4-5-19(14)26-8-6-24-7-9-26/h2-5,10-12,24H,6-9H2,1H3,(H,25,29,33)/b17-11-. The molecule has 170 valence electrons. The number of nitrogens with zero attached hydrogens (tertiary/aromatic N) is 3. The van der Waals surface area contributed by atoms with Crippen molar-refractivity contribution in [3.8, 4) is 0 Å². The normalized spacial score (nSPS) is 18.0. The van der Waals surface area contributed by atoms with Gasteiger partial charge in [0.2, 0.25) is 0 Å². The Hall–Kier alpha value is -3.34. The highest BCUT2D eigenvalue weighted by atomic mass is 35.5. The Bertz CT molecular complexity index is 1210. The molecule has 2 aliphatic heterocycles. The molecule has 0 aromatic heterocycles. The van der Waals surface area contributed by atoms with Crippen LogP contribution in [0.5, 0.6) is 0 Å². The molecule has 2 N–H and O–H groups in total. The molecule has 2 heterocycles. The Morgan fingerprint density at radius 2 is 1.88 bits per heavy atom. The first-order chi connectivity index (χ1) is 15.8. The lowest BCUT2D eigenvalue weighted by Gasteiger charge is -2.31. The number of hydrogen-bond acceptors (Lipinski definition) is 7. The molecule has 33 heavy (non-hydrogen) atoms. The second kappa shape index (κ2) is 9.26. The van der Waals surface area contributed by atoms with E-state index in [0.29, 0.717) is 35.1 Å².